The highest BCUT2D eigenvalue weighted by molar-refractivity contribution is 5.37. The molecule has 0 unspecified atom stereocenters. The molecule has 19 heavy (non-hydrogen) atoms. The number of nitrogens with zero attached hydrogens (tertiary/aromatic N) is 1. The molecule has 0 amide bonds. The number of alkyl halides is 3. The zero-order chi connectivity index (χ0) is 13.7. The monoisotopic (exact) mass is 263 g/mol. The summed E-state index contributed by atoms with van der Waals surface area (Å²) >= 11 is 0. The summed E-state index contributed by atoms with van der Waals surface area (Å²) in [5, 5.41) is 0. The lowest BCUT2D eigenvalue weighted by atomic mass is 10.2. The van der Waals surface area contributed by atoms with Crippen molar-refractivity contribution in [3.63, 3.8) is 0 Å². The Morgan fingerprint density at radius 3 is 2.42 bits per heavy atom. The molecule has 1 aromatic heterocycles. The molecule has 0 radical (unpaired) electrons. The van der Waals surface area contributed by atoms with Crippen LogP contribution in [0.4, 0.5) is 13.2 Å². The van der Waals surface area contributed by atoms with Gasteiger partial charge in [0, 0.05) is 6.20 Å². The molecule has 2 rings (SSSR count). The van der Waals surface area contributed by atoms with Crippen LogP contribution in [-0.2, 0) is 6.18 Å². The Labute approximate surface area is 107 Å². The van der Waals surface area contributed by atoms with Gasteiger partial charge in [-0.15, -0.1) is 0 Å². The van der Waals surface area contributed by atoms with E-state index in [2.05, 4.69) is 17.0 Å². The summed E-state index contributed by atoms with van der Waals surface area (Å²) in [7, 11) is 0. The van der Waals surface area contributed by atoms with Crippen LogP contribution in [0.2, 0.25) is 0 Å². The summed E-state index contributed by atoms with van der Waals surface area (Å²) in [5.41, 5.74) is -0.433. The number of hydrogen-bond acceptors (Lipinski definition) is 2. The maximum Gasteiger partial charge on any atom is 0.420 e. The minimum Gasteiger partial charge on any atom is -0.407 e. The zero-order valence-corrected chi connectivity index (χ0v) is 9.61. The van der Waals surface area contributed by atoms with Crippen molar-refractivity contribution >= 4 is 0 Å². The number of para-hydroxylation sites is 1. The molecule has 0 aliphatic heterocycles. The summed E-state index contributed by atoms with van der Waals surface area (Å²) in [5.74, 6) is 2.20. The molecular formula is C14H8F3NO. The average Bonchev–Trinajstić information content (AvgIpc) is 2.39. The Morgan fingerprint density at radius 2 is 1.74 bits per heavy atom. The Balaban J connectivity index is 2.20. The molecular weight excluding hydrogens is 255 g/mol. The molecule has 96 valence electrons. The van der Waals surface area contributed by atoms with Crippen LogP contribution in [0.3, 0.4) is 0 Å². The van der Waals surface area contributed by atoms with E-state index in [0.717, 1.165) is 6.07 Å². The molecule has 0 N–H and O–H groups in total. The third-order valence-electron chi connectivity index (χ3n) is 2.20. The van der Waals surface area contributed by atoms with Crippen molar-refractivity contribution in [3.05, 3.63) is 59.9 Å². The van der Waals surface area contributed by atoms with Crippen molar-refractivity contribution in [2.75, 3.05) is 0 Å². The van der Waals surface area contributed by atoms with Gasteiger partial charge >= 0.3 is 6.18 Å². The second-order valence-corrected chi connectivity index (χ2v) is 3.54. The molecule has 0 fully saturated rings. The molecule has 0 aliphatic carbocycles. The van der Waals surface area contributed by atoms with Gasteiger partial charge in [-0.3, -0.25) is 0 Å². The highest BCUT2D eigenvalue weighted by Gasteiger charge is 2.34. The SMILES string of the molecule is FC(F)(F)c1ccccc1OC#Cc1ccccn1. The van der Waals surface area contributed by atoms with E-state index in [-0.39, 0.29) is 5.75 Å². The quantitative estimate of drug-likeness (QED) is 0.735. The van der Waals surface area contributed by atoms with E-state index < -0.39 is 11.7 Å². The van der Waals surface area contributed by atoms with Gasteiger partial charge in [0.2, 0.25) is 0 Å². The Bertz CT molecular complexity index is 612. The van der Waals surface area contributed by atoms with Crippen molar-refractivity contribution in [1.29, 1.82) is 0 Å². The van der Waals surface area contributed by atoms with E-state index in [4.69, 9.17) is 4.74 Å². The van der Waals surface area contributed by atoms with Gasteiger partial charge in [-0.25, -0.2) is 4.98 Å². The van der Waals surface area contributed by atoms with Crippen LogP contribution in [0.5, 0.6) is 5.75 Å². The topological polar surface area (TPSA) is 22.1 Å². The molecule has 1 heterocycles. The van der Waals surface area contributed by atoms with Crippen LogP contribution in [0, 0.1) is 12.0 Å². The van der Waals surface area contributed by atoms with Crippen molar-refractivity contribution in [1.82, 2.24) is 4.98 Å². The molecule has 2 aromatic rings. The first-order valence-corrected chi connectivity index (χ1v) is 5.32. The van der Waals surface area contributed by atoms with Crippen LogP contribution < -0.4 is 4.74 Å². The van der Waals surface area contributed by atoms with Gasteiger partial charge in [0.25, 0.3) is 0 Å². The van der Waals surface area contributed by atoms with Gasteiger partial charge in [-0.1, -0.05) is 18.2 Å². The summed E-state index contributed by atoms with van der Waals surface area (Å²) in [6.45, 7) is 0. The summed E-state index contributed by atoms with van der Waals surface area (Å²) < 4.78 is 42.8. The van der Waals surface area contributed by atoms with Gasteiger partial charge in [0.15, 0.2) is 5.75 Å². The molecule has 0 saturated heterocycles. The third-order valence-corrected chi connectivity index (χ3v) is 2.20. The third kappa shape index (κ3) is 3.49. The predicted octanol–water partition coefficient (Wildman–Crippen LogP) is 3.49. The minimum atomic E-state index is -4.47. The molecule has 0 saturated carbocycles. The maximum absolute atomic E-state index is 12.7. The largest absolute Gasteiger partial charge is 0.420 e. The second kappa shape index (κ2) is 5.44. The van der Waals surface area contributed by atoms with E-state index in [1.807, 2.05) is 0 Å². The predicted molar refractivity (Wildman–Crippen MR) is 63.2 cm³/mol. The molecule has 0 bridgehead atoms. The van der Waals surface area contributed by atoms with Crippen molar-refractivity contribution in [2.45, 2.75) is 6.18 Å². The molecule has 1 aromatic carbocycles. The number of ether oxygens (including phenoxy) is 1. The number of benzene rings is 1. The van der Waals surface area contributed by atoms with Crippen LogP contribution in [-0.4, -0.2) is 4.98 Å². The van der Waals surface area contributed by atoms with Gasteiger partial charge in [0.1, 0.15) is 11.8 Å². The Morgan fingerprint density at radius 1 is 1.00 bits per heavy atom. The first-order chi connectivity index (χ1) is 9.07. The number of rotatable bonds is 1. The number of halogens is 3. The normalized spacial score (nSPS) is 10.5. The summed E-state index contributed by atoms with van der Waals surface area (Å²) in [6, 6.07) is 9.97. The van der Waals surface area contributed by atoms with Crippen LogP contribution >= 0.6 is 0 Å². The first-order valence-electron chi connectivity index (χ1n) is 5.32. The average molecular weight is 263 g/mol. The lowest BCUT2D eigenvalue weighted by molar-refractivity contribution is -0.138. The lowest BCUT2D eigenvalue weighted by Crippen LogP contribution is -2.06. The number of aromatic nitrogens is 1. The van der Waals surface area contributed by atoms with Crippen LogP contribution in [0.25, 0.3) is 0 Å². The van der Waals surface area contributed by atoms with Gasteiger partial charge < -0.3 is 4.74 Å². The summed E-state index contributed by atoms with van der Waals surface area (Å²) in [6.07, 6.45) is -0.716. The van der Waals surface area contributed by atoms with Crippen molar-refractivity contribution in [2.24, 2.45) is 0 Å². The number of hydrogen-bond donors (Lipinski definition) is 0. The fourth-order valence-corrected chi connectivity index (χ4v) is 1.36. The maximum atomic E-state index is 12.7. The molecule has 0 atom stereocenters. The highest BCUT2D eigenvalue weighted by Crippen LogP contribution is 2.35. The summed E-state index contributed by atoms with van der Waals surface area (Å²) in [4.78, 5) is 3.91. The zero-order valence-electron chi connectivity index (χ0n) is 9.61. The first kappa shape index (κ1) is 13.0. The fraction of sp³-hybridized carbons (Fsp3) is 0.0714. The standard InChI is InChI=1S/C14H8F3NO/c15-14(16,17)12-6-1-2-7-13(12)19-10-8-11-5-3-4-9-18-11/h1-7,9H. The Hall–Kier alpha value is -2.48. The smallest absolute Gasteiger partial charge is 0.407 e. The molecule has 0 spiro atoms. The molecule has 0 aliphatic rings. The van der Waals surface area contributed by atoms with Gasteiger partial charge in [-0.2, -0.15) is 13.2 Å². The molecule has 5 heteroatoms. The van der Waals surface area contributed by atoms with Crippen molar-refractivity contribution < 1.29 is 17.9 Å². The number of pyridine rings is 1. The van der Waals surface area contributed by atoms with E-state index in [0.29, 0.717) is 5.69 Å². The fourth-order valence-electron chi connectivity index (χ4n) is 1.36. The van der Waals surface area contributed by atoms with E-state index in [1.54, 1.807) is 18.2 Å². The molecule has 2 nitrogen and oxygen atoms in total. The minimum absolute atomic E-state index is 0.321. The van der Waals surface area contributed by atoms with Crippen molar-refractivity contribution in [3.8, 4) is 17.8 Å². The lowest BCUT2D eigenvalue weighted by Gasteiger charge is -2.09. The highest BCUT2D eigenvalue weighted by atomic mass is 19.4. The van der Waals surface area contributed by atoms with Gasteiger partial charge in [-0.05, 0) is 30.2 Å². The van der Waals surface area contributed by atoms with E-state index >= 15 is 0 Å². The van der Waals surface area contributed by atoms with Crippen LogP contribution in [0.1, 0.15) is 11.3 Å². The van der Waals surface area contributed by atoms with E-state index in [1.165, 1.54) is 24.4 Å². The van der Waals surface area contributed by atoms with E-state index in [9.17, 15) is 13.2 Å². The van der Waals surface area contributed by atoms with Gasteiger partial charge in [0.05, 0.1) is 5.56 Å². The second-order valence-electron chi connectivity index (χ2n) is 3.54. The Kier molecular flexibility index (Phi) is 3.71. The van der Waals surface area contributed by atoms with Crippen LogP contribution in [0.15, 0.2) is 48.7 Å².